The van der Waals surface area contributed by atoms with Gasteiger partial charge in [-0.15, -0.1) is 0 Å². The van der Waals surface area contributed by atoms with E-state index in [1.54, 1.807) is 55.5 Å². The second kappa shape index (κ2) is 8.06. The fourth-order valence-electron chi connectivity index (χ4n) is 2.65. The Bertz CT molecular complexity index is 1090. The van der Waals surface area contributed by atoms with Gasteiger partial charge in [-0.3, -0.25) is 14.4 Å². The molecule has 0 radical (unpaired) electrons. The van der Waals surface area contributed by atoms with Crippen molar-refractivity contribution in [3.63, 3.8) is 0 Å². The molecule has 0 saturated carbocycles. The summed E-state index contributed by atoms with van der Waals surface area (Å²) in [5.41, 5.74) is 6.89. The summed E-state index contributed by atoms with van der Waals surface area (Å²) in [4.78, 5) is 35.8. The molecule has 142 valence electrons. The average molecular weight is 397 g/mol. The number of rotatable bonds is 5. The number of aryl methyl sites for hydroxylation is 1. The fraction of sp³-hybridized carbons (Fsp3) is 0.100. The van der Waals surface area contributed by atoms with E-state index < -0.39 is 17.2 Å². The molecule has 0 atom stereocenters. The zero-order chi connectivity index (χ0) is 20.3. The Labute approximate surface area is 165 Å². The Morgan fingerprint density at radius 3 is 2.36 bits per heavy atom. The molecule has 28 heavy (non-hydrogen) atoms. The number of anilines is 1. The van der Waals surface area contributed by atoms with Crippen molar-refractivity contribution < 1.29 is 9.59 Å². The Morgan fingerprint density at radius 2 is 1.75 bits per heavy atom. The van der Waals surface area contributed by atoms with Crippen LogP contribution in [-0.4, -0.2) is 21.6 Å². The molecule has 0 saturated heterocycles. The van der Waals surface area contributed by atoms with Crippen LogP contribution in [0.4, 0.5) is 5.69 Å². The summed E-state index contributed by atoms with van der Waals surface area (Å²) >= 11 is 5.91. The first-order valence-corrected chi connectivity index (χ1v) is 8.77. The lowest BCUT2D eigenvalue weighted by molar-refractivity contribution is -0.117. The van der Waals surface area contributed by atoms with Gasteiger partial charge < -0.3 is 11.1 Å². The minimum Gasteiger partial charge on any atom is -0.369 e. The molecule has 1 heterocycles. The van der Waals surface area contributed by atoms with E-state index in [-0.39, 0.29) is 12.1 Å². The molecule has 0 unspecified atom stereocenters. The van der Waals surface area contributed by atoms with Gasteiger partial charge in [0.2, 0.25) is 11.3 Å². The topological polar surface area (TPSA) is 107 Å². The summed E-state index contributed by atoms with van der Waals surface area (Å²) in [5, 5.41) is 7.42. The fourth-order valence-corrected chi connectivity index (χ4v) is 2.77. The van der Waals surface area contributed by atoms with Crippen molar-refractivity contribution >= 4 is 29.1 Å². The van der Waals surface area contributed by atoms with Crippen molar-refractivity contribution in [2.24, 2.45) is 5.73 Å². The van der Waals surface area contributed by atoms with Crippen LogP contribution >= 0.6 is 11.6 Å². The highest BCUT2D eigenvalue weighted by molar-refractivity contribution is 6.30. The largest absolute Gasteiger partial charge is 0.369 e. The smallest absolute Gasteiger partial charge is 0.280 e. The highest BCUT2D eigenvalue weighted by atomic mass is 35.5. The molecular weight excluding hydrogens is 380 g/mol. The molecule has 8 heteroatoms. The molecular formula is C20H17ClN4O3. The van der Waals surface area contributed by atoms with Gasteiger partial charge in [0.15, 0.2) is 5.69 Å². The van der Waals surface area contributed by atoms with E-state index in [4.69, 9.17) is 17.3 Å². The number of aromatic nitrogens is 2. The lowest BCUT2D eigenvalue weighted by atomic mass is 10.1. The van der Waals surface area contributed by atoms with Crippen molar-refractivity contribution in [2.75, 3.05) is 5.32 Å². The van der Waals surface area contributed by atoms with Crippen molar-refractivity contribution in [1.82, 2.24) is 9.78 Å². The third kappa shape index (κ3) is 4.44. The third-order valence-corrected chi connectivity index (χ3v) is 4.24. The van der Waals surface area contributed by atoms with Crippen molar-refractivity contribution in [2.45, 2.75) is 13.3 Å². The molecule has 3 N–H and O–H groups in total. The van der Waals surface area contributed by atoms with Gasteiger partial charge in [-0.1, -0.05) is 23.7 Å². The van der Waals surface area contributed by atoms with E-state index >= 15 is 0 Å². The van der Waals surface area contributed by atoms with E-state index in [0.29, 0.717) is 22.1 Å². The first kappa shape index (κ1) is 19.3. The maximum atomic E-state index is 12.6. The Kier molecular flexibility index (Phi) is 5.56. The number of benzene rings is 2. The summed E-state index contributed by atoms with van der Waals surface area (Å²) in [5.74, 6) is -1.07. The van der Waals surface area contributed by atoms with E-state index in [1.807, 2.05) is 0 Å². The van der Waals surface area contributed by atoms with E-state index in [0.717, 1.165) is 5.56 Å². The number of amides is 2. The standard InChI is InChI=1S/C20H17ClN4O3/c1-12-10-17(26)19(24-25(12)16-8-4-14(21)5-9-16)20(28)23-15-6-2-13(3-7-15)11-18(22)27/h2-10H,11H2,1H3,(H2,22,27)(H,23,28). The molecule has 0 fully saturated rings. The predicted molar refractivity (Wildman–Crippen MR) is 107 cm³/mol. The number of nitrogens with two attached hydrogens (primary N) is 1. The summed E-state index contributed by atoms with van der Waals surface area (Å²) in [6.07, 6.45) is 0.111. The molecule has 0 spiro atoms. The van der Waals surface area contributed by atoms with Gasteiger partial charge in [0, 0.05) is 22.5 Å². The maximum Gasteiger partial charge on any atom is 0.280 e. The van der Waals surface area contributed by atoms with Crippen LogP contribution in [-0.2, 0) is 11.2 Å². The van der Waals surface area contributed by atoms with E-state index in [1.165, 1.54) is 10.7 Å². The molecule has 3 aromatic rings. The van der Waals surface area contributed by atoms with Crippen LogP contribution in [0, 0.1) is 6.92 Å². The zero-order valence-corrected chi connectivity index (χ0v) is 15.7. The molecule has 0 aliphatic carbocycles. The van der Waals surface area contributed by atoms with Crippen molar-refractivity contribution in [3.05, 3.63) is 86.8 Å². The number of nitrogens with one attached hydrogen (secondary N) is 1. The minimum absolute atomic E-state index is 0.111. The van der Waals surface area contributed by atoms with Crippen molar-refractivity contribution in [1.29, 1.82) is 0 Å². The van der Waals surface area contributed by atoms with Crippen molar-refractivity contribution in [3.8, 4) is 5.69 Å². The van der Waals surface area contributed by atoms with Crippen LogP contribution in [0.1, 0.15) is 21.7 Å². The van der Waals surface area contributed by atoms with Gasteiger partial charge in [-0.2, -0.15) is 5.10 Å². The summed E-state index contributed by atoms with van der Waals surface area (Å²) < 4.78 is 1.50. The second-order valence-electron chi connectivity index (χ2n) is 6.18. The molecule has 0 aliphatic rings. The van der Waals surface area contributed by atoms with Gasteiger partial charge in [-0.05, 0) is 48.9 Å². The van der Waals surface area contributed by atoms with Crippen LogP contribution in [0.15, 0.2) is 59.4 Å². The summed E-state index contributed by atoms with van der Waals surface area (Å²) in [6.45, 7) is 1.72. The molecule has 1 aromatic heterocycles. The van der Waals surface area contributed by atoms with Crippen LogP contribution in [0.3, 0.4) is 0 Å². The number of carbonyl (C=O) groups is 2. The zero-order valence-electron chi connectivity index (χ0n) is 15.0. The Morgan fingerprint density at radius 1 is 1.11 bits per heavy atom. The first-order chi connectivity index (χ1) is 13.3. The number of hydrogen-bond acceptors (Lipinski definition) is 4. The molecule has 2 amide bonds. The van der Waals surface area contributed by atoms with Gasteiger partial charge in [0.1, 0.15) is 0 Å². The normalized spacial score (nSPS) is 10.5. The number of carbonyl (C=O) groups excluding carboxylic acids is 2. The van der Waals surface area contributed by atoms with Gasteiger partial charge in [-0.25, -0.2) is 4.68 Å². The summed E-state index contributed by atoms with van der Waals surface area (Å²) in [7, 11) is 0. The van der Waals surface area contributed by atoms with Crippen LogP contribution in [0.25, 0.3) is 5.69 Å². The Balaban J connectivity index is 1.87. The highest BCUT2D eigenvalue weighted by Crippen LogP contribution is 2.15. The maximum absolute atomic E-state index is 12.6. The number of primary amides is 1. The number of halogens is 1. The molecule has 2 aromatic carbocycles. The average Bonchev–Trinajstić information content (AvgIpc) is 2.64. The van der Waals surface area contributed by atoms with E-state index in [9.17, 15) is 14.4 Å². The third-order valence-electron chi connectivity index (χ3n) is 3.98. The highest BCUT2D eigenvalue weighted by Gasteiger charge is 2.15. The first-order valence-electron chi connectivity index (χ1n) is 8.39. The monoisotopic (exact) mass is 396 g/mol. The van der Waals surface area contributed by atoms with Gasteiger partial charge >= 0.3 is 0 Å². The lowest BCUT2D eigenvalue weighted by Crippen LogP contribution is -2.26. The minimum atomic E-state index is -0.629. The van der Waals surface area contributed by atoms with Crippen LogP contribution in [0.2, 0.25) is 5.02 Å². The van der Waals surface area contributed by atoms with Gasteiger partial charge in [0.25, 0.3) is 5.91 Å². The molecule has 7 nitrogen and oxygen atoms in total. The number of nitrogens with zero attached hydrogens (tertiary/aromatic N) is 2. The summed E-state index contributed by atoms with van der Waals surface area (Å²) in [6, 6.07) is 14.8. The number of hydrogen-bond donors (Lipinski definition) is 2. The second-order valence-corrected chi connectivity index (χ2v) is 6.62. The lowest BCUT2D eigenvalue weighted by Gasteiger charge is -2.11. The Hall–Kier alpha value is -3.45. The van der Waals surface area contributed by atoms with Gasteiger partial charge in [0.05, 0.1) is 12.1 Å². The van der Waals surface area contributed by atoms with Crippen LogP contribution in [0.5, 0.6) is 0 Å². The molecule has 0 bridgehead atoms. The van der Waals surface area contributed by atoms with Crippen LogP contribution < -0.4 is 16.5 Å². The molecule has 0 aliphatic heterocycles. The quantitative estimate of drug-likeness (QED) is 0.690. The SMILES string of the molecule is Cc1cc(=O)c(C(=O)Nc2ccc(CC(N)=O)cc2)nn1-c1ccc(Cl)cc1. The molecule has 3 rings (SSSR count). The van der Waals surface area contributed by atoms with E-state index in [2.05, 4.69) is 10.4 Å². The predicted octanol–water partition coefficient (Wildman–Crippen LogP) is 2.47.